The summed E-state index contributed by atoms with van der Waals surface area (Å²) in [7, 11) is 1.52. The zero-order valence-corrected chi connectivity index (χ0v) is 15.4. The SMILES string of the molecule is CN1C(=O)SC(OC2CCNC2)(C2(c3ccccn3)C=CC=CC2)C1=O. The van der Waals surface area contributed by atoms with Crippen LogP contribution >= 0.6 is 11.8 Å². The molecule has 1 N–H and O–H groups in total. The zero-order chi connectivity index (χ0) is 18.2. The zero-order valence-electron chi connectivity index (χ0n) is 14.6. The van der Waals surface area contributed by atoms with Gasteiger partial charge < -0.3 is 10.1 Å². The van der Waals surface area contributed by atoms with Crippen LogP contribution in [0.25, 0.3) is 0 Å². The molecule has 3 aliphatic rings. The van der Waals surface area contributed by atoms with Crippen LogP contribution in [0.1, 0.15) is 18.5 Å². The number of hydrogen-bond donors (Lipinski definition) is 1. The van der Waals surface area contributed by atoms with Gasteiger partial charge in [-0.15, -0.1) is 0 Å². The first-order valence-electron chi connectivity index (χ1n) is 8.75. The third kappa shape index (κ3) is 2.53. The summed E-state index contributed by atoms with van der Waals surface area (Å²) in [5.74, 6) is -0.315. The van der Waals surface area contributed by atoms with Gasteiger partial charge in [-0.25, -0.2) is 0 Å². The lowest BCUT2D eigenvalue weighted by Crippen LogP contribution is -2.57. The molecule has 0 saturated carbocycles. The van der Waals surface area contributed by atoms with Crippen molar-refractivity contribution in [2.45, 2.75) is 29.3 Å². The summed E-state index contributed by atoms with van der Waals surface area (Å²) >= 11 is 0.979. The van der Waals surface area contributed by atoms with Crippen LogP contribution in [0.4, 0.5) is 4.79 Å². The Bertz CT molecular complexity index is 775. The number of hydrogen-bond acceptors (Lipinski definition) is 6. The summed E-state index contributed by atoms with van der Waals surface area (Å²) in [5, 5.41) is 2.97. The number of aromatic nitrogens is 1. The molecule has 136 valence electrons. The summed E-state index contributed by atoms with van der Waals surface area (Å²) in [5.41, 5.74) is -0.108. The highest BCUT2D eigenvalue weighted by molar-refractivity contribution is 8.16. The molecule has 2 aliphatic heterocycles. The second kappa shape index (κ2) is 6.64. The van der Waals surface area contributed by atoms with Crippen molar-refractivity contribution in [2.75, 3.05) is 20.1 Å². The molecule has 3 heterocycles. The lowest BCUT2D eigenvalue weighted by atomic mass is 9.72. The third-order valence-electron chi connectivity index (χ3n) is 5.22. The van der Waals surface area contributed by atoms with Gasteiger partial charge in [0.15, 0.2) is 0 Å². The summed E-state index contributed by atoms with van der Waals surface area (Å²) in [6.07, 6.45) is 10.8. The molecule has 2 fully saturated rings. The summed E-state index contributed by atoms with van der Waals surface area (Å²) < 4.78 is 6.47. The van der Waals surface area contributed by atoms with Crippen LogP contribution in [0, 0.1) is 0 Å². The molecule has 7 heteroatoms. The Labute approximate surface area is 156 Å². The number of imide groups is 1. The van der Waals surface area contributed by atoms with Crippen molar-refractivity contribution in [3.63, 3.8) is 0 Å². The number of rotatable bonds is 4. The van der Waals surface area contributed by atoms with Gasteiger partial charge in [-0.2, -0.15) is 0 Å². The Balaban J connectivity index is 1.88. The molecule has 1 aromatic rings. The molecule has 3 atom stereocenters. The number of likely N-dealkylation sites (N-methyl/N-ethyl adjacent to an activating group) is 1. The minimum Gasteiger partial charge on any atom is -0.349 e. The van der Waals surface area contributed by atoms with Gasteiger partial charge in [0.2, 0.25) is 4.93 Å². The molecule has 0 radical (unpaired) electrons. The van der Waals surface area contributed by atoms with E-state index in [9.17, 15) is 9.59 Å². The molecule has 3 unspecified atom stereocenters. The molecule has 26 heavy (non-hydrogen) atoms. The molecule has 0 bridgehead atoms. The first kappa shape index (κ1) is 17.5. The first-order valence-corrected chi connectivity index (χ1v) is 9.56. The molecule has 2 amide bonds. The Morgan fingerprint density at radius 2 is 2.23 bits per heavy atom. The van der Waals surface area contributed by atoms with Gasteiger partial charge in [0.1, 0.15) is 0 Å². The Hall–Kier alpha value is -1.96. The number of ether oxygens (including phenoxy) is 1. The average Bonchev–Trinajstić information content (AvgIpc) is 3.27. The van der Waals surface area contributed by atoms with Crippen molar-refractivity contribution in [1.82, 2.24) is 15.2 Å². The minimum absolute atomic E-state index is 0.120. The van der Waals surface area contributed by atoms with Crippen molar-refractivity contribution in [1.29, 1.82) is 0 Å². The highest BCUT2D eigenvalue weighted by atomic mass is 32.2. The predicted molar refractivity (Wildman–Crippen MR) is 99.7 cm³/mol. The van der Waals surface area contributed by atoms with Gasteiger partial charge in [0, 0.05) is 19.8 Å². The first-order chi connectivity index (χ1) is 12.6. The van der Waals surface area contributed by atoms with E-state index in [-0.39, 0.29) is 17.3 Å². The summed E-state index contributed by atoms with van der Waals surface area (Å²) in [4.78, 5) is 30.2. The monoisotopic (exact) mass is 371 g/mol. The number of nitrogens with zero attached hydrogens (tertiary/aromatic N) is 2. The normalized spacial score (nSPS) is 34.0. The van der Waals surface area contributed by atoms with E-state index in [0.29, 0.717) is 13.0 Å². The molecular formula is C19H21N3O3S. The van der Waals surface area contributed by atoms with Crippen molar-refractivity contribution in [3.8, 4) is 0 Å². The number of amides is 2. The van der Waals surface area contributed by atoms with Gasteiger partial charge in [-0.05, 0) is 43.3 Å². The van der Waals surface area contributed by atoms with Crippen molar-refractivity contribution in [3.05, 3.63) is 54.4 Å². The van der Waals surface area contributed by atoms with Crippen molar-refractivity contribution < 1.29 is 14.3 Å². The second-order valence-electron chi connectivity index (χ2n) is 6.76. The predicted octanol–water partition coefficient (Wildman–Crippen LogP) is 2.24. The smallest absolute Gasteiger partial charge is 0.291 e. The molecule has 0 spiro atoms. The molecule has 0 aromatic carbocycles. The highest BCUT2D eigenvalue weighted by Crippen LogP contribution is 2.55. The largest absolute Gasteiger partial charge is 0.349 e. The van der Waals surface area contributed by atoms with Crippen molar-refractivity contribution in [2.24, 2.45) is 0 Å². The summed E-state index contributed by atoms with van der Waals surface area (Å²) in [6, 6.07) is 5.64. The van der Waals surface area contributed by atoms with Crippen LogP contribution in [-0.2, 0) is 14.9 Å². The van der Waals surface area contributed by atoms with Crippen LogP contribution in [0.2, 0.25) is 0 Å². The topological polar surface area (TPSA) is 71.5 Å². The summed E-state index contributed by atoms with van der Waals surface area (Å²) in [6.45, 7) is 1.51. The molecule has 4 rings (SSSR count). The van der Waals surface area contributed by atoms with Crippen LogP contribution < -0.4 is 5.32 Å². The fourth-order valence-electron chi connectivity index (χ4n) is 3.81. The van der Waals surface area contributed by atoms with Crippen LogP contribution in [0.3, 0.4) is 0 Å². The Morgan fingerprint density at radius 1 is 1.35 bits per heavy atom. The fraction of sp³-hybridized carbons (Fsp3) is 0.421. The van der Waals surface area contributed by atoms with Gasteiger partial charge in [-0.1, -0.05) is 30.4 Å². The third-order valence-corrected chi connectivity index (χ3v) is 6.59. The van der Waals surface area contributed by atoms with E-state index in [1.807, 2.05) is 42.5 Å². The van der Waals surface area contributed by atoms with E-state index in [4.69, 9.17) is 4.74 Å². The van der Waals surface area contributed by atoms with Crippen molar-refractivity contribution >= 4 is 22.9 Å². The average molecular weight is 371 g/mol. The van der Waals surface area contributed by atoms with Gasteiger partial charge in [0.05, 0.1) is 17.2 Å². The van der Waals surface area contributed by atoms with E-state index in [1.165, 1.54) is 11.9 Å². The Morgan fingerprint density at radius 3 is 2.81 bits per heavy atom. The van der Waals surface area contributed by atoms with Crippen LogP contribution in [0.5, 0.6) is 0 Å². The van der Waals surface area contributed by atoms with Crippen LogP contribution in [0.15, 0.2) is 48.7 Å². The van der Waals surface area contributed by atoms with E-state index in [2.05, 4.69) is 10.3 Å². The minimum atomic E-state index is -1.36. The quantitative estimate of drug-likeness (QED) is 0.875. The number of carbonyl (C=O) groups excluding carboxylic acids is 2. The van der Waals surface area contributed by atoms with Gasteiger partial charge in [-0.3, -0.25) is 19.5 Å². The maximum Gasteiger partial charge on any atom is 0.291 e. The van der Waals surface area contributed by atoms with E-state index in [0.717, 1.165) is 30.4 Å². The number of thioether (sulfide) groups is 1. The number of carbonyl (C=O) groups is 2. The lowest BCUT2D eigenvalue weighted by molar-refractivity contribution is -0.151. The maximum absolute atomic E-state index is 13.4. The maximum atomic E-state index is 13.4. The standard InChI is InChI=1S/C19H21N3O3S/c1-22-16(23)19(26-17(22)24,25-14-8-12-20-13-14)18(9-4-2-5-10-18)15-7-3-6-11-21-15/h2-7,9,11,14,20H,8,10,12-13H2,1H3. The number of allylic oxidation sites excluding steroid dienone is 3. The molecule has 1 aromatic heterocycles. The highest BCUT2D eigenvalue weighted by Gasteiger charge is 2.66. The van der Waals surface area contributed by atoms with E-state index in [1.54, 1.807) is 6.20 Å². The molecule has 1 aliphatic carbocycles. The molecule has 2 saturated heterocycles. The molecular weight excluding hydrogens is 350 g/mol. The number of nitrogens with one attached hydrogen (secondary N) is 1. The fourth-order valence-corrected chi connectivity index (χ4v) is 5.13. The lowest BCUT2D eigenvalue weighted by Gasteiger charge is -2.44. The van der Waals surface area contributed by atoms with Crippen LogP contribution in [-0.4, -0.2) is 52.2 Å². The van der Waals surface area contributed by atoms with E-state index >= 15 is 0 Å². The molecule has 6 nitrogen and oxygen atoms in total. The Kier molecular flexibility index (Phi) is 4.46. The van der Waals surface area contributed by atoms with Gasteiger partial charge >= 0.3 is 0 Å². The second-order valence-corrected chi connectivity index (χ2v) is 7.89. The van der Waals surface area contributed by atoms with Gasteiger partial charge in [0.25, 0.3) is 11.1 Å². The number of pyridine rings is 1. The van der Waals surface area contributed by atoms with E-state index < -0.39 is 10.3 Å².